The fourth-order valence-electron chi connectivity index (χ4n) is 3.52. The number of aromatic nitrogens is 3. The fraction of sp³-hybridized carbons (Fsp3) is 0.136. The zero-order valence-corrected chi connectivity index (χ0v) is 15.8. The topological polar surface area (TPSA) is 55.1 Å². The summed E-state index contributed by atoms with van der Waals surface area (Å²) < 4.78 is 5.67. The first-order chi connectivity index (χ1) is 13.8. The quantitative estimate of drug-likeness (QED) is 0.493. The summed E-state index contributed by atoms with van der Waals surface area (Å²) in [5.41, 5.74) is 5.09. The number of fused-ring (bicyclic) bond motifs is 1. The van der Waals surface area contributed by atoms with Gasteiger partial charge in [0.25, 0.3) is 0 Å². The SMILES string of the molecule is Clc1ccc(-c2onc3c2CN(c2cc(-c4ccccc4)ncn2)CC3)cc1. The molecule has 0 aliphatic carbocycles. The molecule has 2 aromatic heterocycles. The molecule has 4 aromatic rings. The minimum absolute atomic E-state index is 0.696. The lowest BCUT2D eigenvalue weighted by Crippen LogP contribution is -2.31. The molecule has 2 aromatic carbocycles. The Morgan fingerprint density at radius 1 is 0.929 bits per heavy atom. The number of halogens is 1. The maximum absolute atomic E-state index is 6.02. The highest BCUT2D eigenvalue weighted by atomic mass is 35.5. The summed E-state index contributed by atoms with van der Waals surface area (Å²) in [6, 6.07) is 19.8. The highest BCUT2D eigenvalue weighted by Gasteiger charge is 2.25. The zero-order chi connectivity index (χ0) is 18.9. The van der Waals surface area contributed by atoms with E-state index in [0.29, 0.717) is 11.6 Å². The molecule has 138 valence electrons. The van der Waals surface area contributed by atoms with Crippen molar-refractivity contribution in [2.24, 2.45) is 0 Å². The maximum atomic E-state index is 6.02. The number of anilines is 1. The van der Waals surface area contributed by atoms with Crippen molar-refractivity contribution in [1.29, 1.82) is 0 Å². The molecule has 28 heavy (non-hydrogen) atoms. The molecule has 5 nitrogen and oxygen atoms in total. The predicted molar refractivity (Wildman–Crippen MR) is 109 cm³/mol. The lowest BCUT2D eigenvalue weighted by Gasteiger charge is -2.27. The van der Waals surface area contributed by atoms with Gasteiger partial charge in [-0.15, -0.1) is 0 Å². The van der Waals surface area contributed by atoms with Crippen molar-refractivity contribution in [3.63, 3.8) is 0 Å². The van der Waals surface area contributed by atoms with Crippen molar-refractivity contribution in [3.8, 4) is 22.6 Å². The second-order valence-electron chi connectivity index (χ2n) is 6.74. The third-order valence-corrected chi connectivity index (χ3v) is 5.24. The van der Waals surface area contributed by atoms with E-state index in [-0.39, 0.29) is 0 Å². The molecule has 0 spiro atoms. The van der Waals surface area contributed by atoms with Crippen molar-refractivity contribution in [1.82, 2.24) is 15.1 Å². The van der Waals surface area contributed by atoms with Crippen LogP contribution in [0.2, 0.25) is 5.02 Å². The van der Waals surface area contributed by atoms with Crippen LogP contribution >= 0.6 is 11.6 Å². The molecule has 1 aliphatic rings. The molecule has 5 rings (SSSR count). The lowest BCUT2D eigenvalue weighted by atomic mass is 10.0. The van der Waals surface area contributed by atoms with Crippen LogP contribution in [-0.2, 0) is 13.0 Å². The van der Waals surface area contributed by atoms with E-state index >= 15 is 0 Å². The van der Waals surface area contributed by atoms with E-state index in [0.717, 1.165) is 52.6 Å². The van der Waals surface area contributed by atoms with Gasteiger partial charge in [0, 0.05) is 40.7 Å². The van der Waals surface area contributed by atoms with Gasteiger partial charge in [0.05, 0.1) is 17.9 Å². The van der Waals surface area contributed by atoms with Crippen LogP contribution in [0.5, 0.6) is 0 Å². The van der Waals surface area contributed by atoms with E-state index in [1.54, 1.807) is 6.33 Å². The second-order valence-corrected chi connectivity index (χ2v) is 7.18. The number of hydrogen-bond donors (Lipinski definition) is 0. The predicted octanol–water partition coefficient (Wildman–Crippen LogP) is 5.01. The van der Waals surface area contributed by atoms with E-state index in [1.165, 1.54) is 0 Å². The van der Waals surface area contributed by atoms with Crippen molar-refractivity contribution < 1.29 is 4.52 Å². The third-order valence-electron chi connectivity index (χ3n) is 4.99. The van der Waals surface area contributed by atoms with Crippen LogP contribution < -0.4 is 4.90 Å². The standard InChI is InChI=1S/C22H17ClN4O/c23-17-8-6-16(7-9-17)22-18-13-27(11-10-19(18)26-28-22)21-12-20(24-14-25-21)15-4-2-1-3-5-15/h1-9,12,14H,10-11,13H2. The molecule has 0 saturated carbocycles. The van der Waals surface area contributed by atoms with Crippen LogP contribution in [0.1, 0.15) is 11.3 Å². The van der Waals surface area contributed by atoms with Gasteiger partial charge in [-0.3, -0.25) is 0 Å². The average Bonchev–Trinajstić information content (AvgIpc) is 3.18. The molecule has 3 heterocycles. The Kier molecular flexibility index (Phi) is 4.29. The Balaban J connectivity index is 1.46. The zero-order valence-electron chi connectivity index (χ0n) is 15.0. The Morgan fingerprint density at radius 3 is 2.57 bits per heavy atom. The van der Waals surface area contributed by atoms with Crippen molar-refractivity contribution in [3.05, 3.63) is 83.3 Å². The summed E-state index contributed by atoms with van der Waals surface area (Å²) in [6.07, 6.45) is 2.44. The molecule has 0 amide bonds. The van der Waals surface area contributed by atoms with Crippen LogP contribution in [0.25, 0.3) is 22.6 Å². The largest absolute Gasteiger partial charge is 0.356 e. The third kappa shape index (κ3) is 3.14. The minimum Gasteiger partial charge on any atom is -0.356 e. The Hall–Kier alpha value is -3.18. The molecule has 0 bridgehead atoms. The van der Waals surface area contributed by atoms with E-state index in [4.69, 9.17) is 16.1 Å². The molecule has 0 fully saturated rings. The molecular formula is C22H17ClN4O. The van der Waals surface area contributed by atoms with Gasteiger partial charge in [0.2, 0.25) is 0 Å². The molecule has 0 atom stereocenters. The smallest absolute Gasteiger partial charge is 0.172 e. The average molecular weight is 389 g/mol. The van der Waals surface area contributed by atoms with Crippen molar-refractivity contribution >= 4 is 17.4 Å². The monoisotopic (exact) mass is 388 g/mol. The Labute approximate surface area is 167 Å². The second kappa shape index (κ2) is 7.09. The Morgan fingerprint density at radius 2 is 1.75 bits per heavy atom. The number of nitrogens with zero attached hydrogens (tertiary/aromatic N) is 4. The van der Waals surface area contributed by atoms with Crippen LogP contribution in [0.15, 0.2) is 71.5 Å². The van der Waals surface area contributed by atoms with Gasteiger partial charge in [-0.05, 0) is 24.3 Å². The Bertz CT molecular complexity index is 1110. The van der Waals surface area contributed by atoms with Gasteiger partial charge in [-0.2, -0.15) is 0 Å². The van der Waals surface area contributed by atoms with Crippen LogP contribution in [0, 0.1) is 0 Å². The van der Waals surface area contributed by atoms with E-state index in [2.05, 4.69) is 32.2 Å². The van der Waals surface area contributed by atoms with Crippen molar-refractivity contribution in [2.75, 3.05) is 11.4 Å². The van der Waals surface area contributed by atoms with Gasteiger partial charge < -0.3 is 9.42 Å². The highest BCUT2D eigenvalue weighted by Crippen LogP contribution is 2.33. The normalized spacial score (nSPS) is 13.4. The molecule has 0 saturated heterocycles. The summed E-state index contributed by atoms with van der Waals surface area (Å²) in [5.74, 6) is 1.71. The first-order valence-corrected chi connectivity index (χ1v) is 9.51. The lowest BCUT2D eigenvalue weighted by molar-refractivity contribution is 0.424. The fourth-order valence-corrected chi connectivity index (χ4v) is 3.65. The summed E-state index contributed by atoms with van der Waals surface area (Å²) in [5, 5.41) is 4.98. The van der Waals surface area contributed by atoms with Crippen molar-refractivity contribution in [2.45, 2.75) is 13.0 Å². The molecular weight excluding hydrogens is 372 g/mol. The van der Waals surface area contributed by atoms with Crippen LogP contribution in [0.3, 0.4) is 0 Å². The summed E-state index contributed by atoms with van der Waals surface area (Å²) >= 11 is 6.02. The summed E-state index contributed by atoms with van der Waals surface area (Å²) in [4.78, 5) is 11.2. The number of benzene rings is 2. The van der Waals surface area contributed by atoms with Gasteiger partial charge in [0.15, 0.2) is 5.76 Å². The number of hydrogen-bond acceptors (Lipinski definition) is 5. The van der Waals surface area contributed by atoms with Gasteiger partial charge in [-0.1, -0.05) is 47.1 Å². The molecule has 1 aliphatic heterocycles. The highest BCUT2D eigenvalue weighted by molar-refractivity contribution is 6.30. The van der Waals surface area contributed by atoms with Gasteiger partial charge in [0.1, 0.15) is 12.1 Å². The van der Waals surface area contributed by atoms with Gasteiger partial charge >= 0.3 is 0 Å². The number of rotatable bonds is 3. The first-order valence-electron chi connectivity index (χ1n) is 9.14. The summed E-state index contributed by atoms with van der Waals surface area (Å²) in [7, 11) is 0. The molecule has 0 radical (unpaired) electrons. The molecule has 0 unspecified atom stereocenters. The molecule has 6 heteroatoms. The van der Waals surface area contributed by atoms with E-state index < -0.39 is 0 Å². The molecule has 0 N–H and O–H groups in total. The van der Waals surface area contributed by atoms with E-state index in [9.17, 15) is 0 Å². The maximum Gasteiger partial charge on any atom is 0.172 e. The summed E-state index contributed by atoms with van der Waals surface area (Å²) in [6.45, 7) is 1.53. The van der Waals surface area contributed by atoms with Gasteiger partial charge in [-0.25, -0.2) is 9.97 Å². The van der Waals surface area contributed by atoms with Crippen LogP contribution in [0.4, 0.5) is 5.82 Å². The first kappa shape index (κ1) is 17.0. The minimum atomic E-state index is 0.696. The van der Waals surface area contributed by atoms with Crippen LogP contribution in [-0.4, -0.2) is 21.7 Å². The van der Waals surface area contributed by atoms with E-state index in [1.807, 2.05) is 48.5 Å².